The molecule has 0 aliphatic heterocycles. The highest BCUT2D eigenvalue weighted by Gasteiger charge is 2.09. The number of aliphatic imine (C=N–C) groups is 1. The molecular formula is C13H21N5O4. The Morgan fingerprint density at radius 1 is 1.14 bits per heavy atom. The van der Waals surface area contributed by atoms with Crippen molar-refractivity contribution < 1.29 is 19.8 Å². The second kappa shape index (κ2) is 10.00. The van der Waals surface area contributed by atoms with Gasteiger partial charge in [0.2, 0.25) is 0 Å². The van der Waals surface area contributed by atoms with Crippen molar-refractivity contribution >= 4 is 23.6 Å². The minimum Gasteiger partial charge on any atom is -0.480 e. The molecule has 0 saturated heterocycles. The Hall–Kier alpha value is -2.81. The zero-order valence-electron chi connectivity index (χ0n) is 12.0. The lowest BCUT2D eigenvalue weighted by Crippen LogP contribution is -2.30. The van der Waals surface area contributed by atoms with E-state index in [0.29, 0.717) is 25.1 Å². The van der Waals surface area contributed by atoms with E-state index < -0.39 is 18.0 Å². The summed E-state index contributed by atoms with van der Waals surface area (Å²) in [6, 6.07) is 5.24. The van der Waals surface area contributed by atoms with E-state index in [1.807, 2.05) is 0 Å². The van der Waals surface area contributed by atoms with Gasteiger partial charge in [0.05, 0.1) is 5.56 Å². The monoisotopic (exact) mass is 311 g/mol. The molecule has 1 aromatic rings. The smallest absolute Gasteiger partial charge is 0.335 e. The van der Waals surface area contributed by atoms with Crippen molar-refractivity contribution in [3.63, 3.8) is 0 Å². The fraction of sp³-hybridized carbons (Fsp3) is 0.308. The first kappa shape index (κ1) is 19.2. The van der Waals surface area contributed by atoms with Crippen LogP contribution < -0.4 is 22.9 Å². The zero-order chi connectivity index (χ0) is 17.1. The third-order valence-electron chi connectivity index (χ3n) is 2.44. The third-order valence-corrected chi connectivity index (χ3v) is 2.44. The Morgan fingerprint density at radius 3 is 2.09 bits per heavy atom. The lowest BCUT2D eigenvalue weighted by Gasteiger charge is -2.03. The minimum absolute atomic E-state index is 0.0129. The van der Waals surface area contributed by atoms with Gasteiger partial charge in [0.1, 0.15) is 6.04 Å². The summed E-state index contributed by atoms with van der Waals surface area (Å²) in [4.78, 5) is 24.2. The van der Waals surface area contributed by atoms with Crippen LogP contribution in [-0.4, -0.2) is 40.7 Å². The first-order chi connectivity index (χ1) is 10.2. The second-order valence-electron chi connectivity index (χ2n) is 4.32. The van der Waals surface area contributed by atoms with Crippen LogP contribution in [0.15, 0.2) is 29.3 Å². The fourth-order valence-corrected chi connectivity index (χ4v) is 1.27. The Balaban J connectivity index is 0.000000406. The van der Waals surface area contributed by atoms with Crippen LogP contribution in [0.5, 0.6) is 0 Å². The number of nitrogens with zero attached hydrogens (tertiary/aromatic N) is 1. The minimum atomic E-state index is -1.00. The number of anilines is 1. The molecule has 0 aromatic heterocycles. The number of carbonyl (C=O) groups is 2. The first-order valence-corrected chi connectivity index (χ1v) is 6.36. The highest BCUT2D eigenvalue weighted by molar-refractivity contribution is 5.87. The molecule has 0 aliphatic carbocycles. The number of carboxylic acid groups (broad SMARTS) is 2. The van der Waals surface area contributed by atoms with E-state index in [2.05, 4.69) is 4.99 Å². The second-order valence-corrected chi connectivity index (χ2v) is 4.32. The highest BCUT2D eigenvalue weighted by atomic mass is 16.4. The quantitative estimate of drug-likeness (QED) is 0.174. The summed E-state index contributed by atoms with van der Waals surface area (Å²) in [5.41, 5.74) is 21.5. The topological polar surface area (TPSA) is 191 Å². The molecule has 9 heteroatoms. The van der Waals surface area contributed by atoms with Gasteiger partial charge in [-0.05, 0) is 37.1 Å². The molecular weight excluding hydrogens is 290 g/mol. The van der Waals surface area contributed by atoms with Crippen molar-refractivity contribution in [1.82, 2.24) is 0 Å². The maximum atomic E-state index is 10.3. The van der Waals surface area contributed by atoms with Crippen LogP contribution in [0.25, 0.3) is 0 Å². The van der Waals surface area contributed by atoms with Crippen LogP contribution in [0.1, 0.15) is 23.2 Å². The van der Waals surface area contributed by atoms with Crippen LogP contribution in [0.2, 0.25) is 0 Å². The van der Waals surface area contributed by atoms with Gasteiger partial charge in [-0.1, -0.05) is 0 Å². The van der Waals surface area contributed by atoms with E-state index in [1.54, 1.807) is 12.1 Å². The van der Waals surface area contributed by atoms with Gasteiger partial charge in [-0.2, -0.15) is 0 Å². The molecule has 10 N–H and O–H groups in total. The number of nitrogen functional groups attached to an aromatic ring is 1. The number of aliphatic carboxylic acids is 1. The van der Waals surface area contributed by atoms with Gasteiger partial charge < -0.3 is 33.1 Å². The molecule has 1 rings (SSSR count). The largest absolute Gasteiger partial charge is 0.480 e. The van der Waals surface area contributed by atoms with Gasteiger partial charge in [-0.3, -0.25) is 9.79 Å². The zero-order valence-corrected chi connectivity index (χ0v) is 12.0. The summed E-state index contributed by atoms with van der Waals surface area (Å²) >= 11 is 0. The van der Waals surface area contributed by atoms with E-state index in [0.717, 1.165) is 0 Å². The number of rotatable bonds is 6. The molecule has 0 heterocycles. The molecule has 0 fully saturated rings. The summed E-state index contributed by atoms with van der Waals surface area (Å²) in [6.07, 6.45) is 0.956. The number of hydrogen-bond acceptors (Lipinski definition) is 5. The molecule has 1 aromatic carbocycles. The van der Waals surface area contributed by atoms with Crippen molar-refractivity contribution in [3.05, 3.63) is 29.8 Å². The normalized spacial score (nSPS) is 10.8. The Bertz CT molecular complexity index is 512. The van der Waals surface area contributed by atoms with E-state index in [4.69, 9.17) is 33.1 Å². The van der Waals surface area contributed by atoms with E-state index in [-0.39, 0.29) is 11.5 Å². The van der Waals surface area contributed by atoms with Gasteiger partial charge >= 0.3 is 11.9 Å². The Labute approximate surface area is 127 Å². The van der Waals surface area contributed by atoms with Crippen LogP contribution in [-0.2, 0) is 4.79 Å². The van der Waals surface area contributed by atoms with Gasteiger partial charge in [0, 0.05) is 12.2 Å². The number of nitrogens with two attached hydrogens (primary N) is 4. The van der Waals surface area contributed by atoms with Gasteiger partial charge in [0.25, 0.3) is 0 Å². The number of guanidine groups is 1. The fourth-order valence-electron chi connectivity index (χ4n) is 1.27. The number of aromatic carboxylic acids is 1. The Kier molecular flexibility index (Phi) is 8.72. The van der Waals surface area contributed by atoms with Crippen molar-refractivity contribution in [2.75, 3.05) is 12.3 Å². The van der Waals surface area contributed by atoms with E-state index >= 15 is 0 Å². The van der Waals surface area contributed by atoms with Crippen LogP contribution in [0.4, 0.5) is 5.69 Å². The molecule has 22 heavy (non-hydrogen) atoms. The van der Waals surface area contributed by atoms with Crippen molar-refractivity contribution in [1.29, 1.82) is 0 Å². The lowest BCUT2D eigenvalue weighted by atomic mass is 10.2. The molecule has 0 saturated carbocycles. The number of hydrogen-bond donors (Lipinski definition) is 6. The predicted octanol–water partition coefficient (Wildman–Crippen LogP) is -0.581. The van der Waals surface area contributed by atoms with E-state index in [1.165, 1.54) is 12.1 Å². The summed E-state index contributed by atoms with van der Waals surface area (Å²) in [6.45, 7) is 0.420. The molecule has 9 nitrogen and oxygen atoms in total. The van der Waals surface area contributed by atoms with Gasteiger partial charge in [-0.25, -0.2) is 4.79 Å². The summed E-state index contributed by atoms with van der Waals surface area (Å²) in [5, 5.41) is 16.8. The molecule has 0 spiro atoms. The standard InChI is InChI=1S/C7H7NO2.C6H14N4O2/c8-6-3-1-5(2-4-6)7(9)10;7-4(5(11)12)2-1-3-10-6(8)9/h1-4H,8H2,(H,9,10);4H,1-3,7H2,(H,11,12)(H4,8,9,10)/t;4-/m.0/s1. The van der Waals surface area contributed by atoms with Crippen molar-refractivity contribution in [2.24, 2.45) is 22.2 Å². The first-order valence-electron chi connectivity index (χ1n) is 6.36. The van der Waals surface area contributed by atoms with Gasteiger partial charge in [0.15, 0.2) is 5.96 Å². The highest BCUT2D eigenvalue weighted by Crippen LogP contribution is 2.04. The lowest BCUT2D eigenvalue weighted by molar-refractivity contribution is -0.138. The molecule has 122 valence electrons. The molecule has 0 radical (unpaired) electrons. The van der Waals surface area contributed by atoms with Gasteiger partial charge in [-0.15, -0.1) is 0 Å². The molecule has 0 aliphatic rings. The average Bonchev–Trinajstić information content (AvgIpc) is 2.44. The average molecular weight is 311 g/mol. The maximum Gasteiger partial charge on any atom is 0.335 e. The molecule has 0 unspecified atom stereocenters. The SMILES string of the molecule is NC(N)=NCCC[C@H](N)C(=O)O.Nc1ccc(C(=O)O)cc1. The molecule has 1 atom stereocenters. The van der Waals surface area contributed by atoms with Crippen LogP contribution in [0, 0.1) is 0 Å². The van der Waals surface area contributed by atoms with Crippen molar-refractivity contribution in [3.8, 4) is 0 Å². The number of carboxylic acids is 2. The van der Waals surface area contributed by atoms with E-state index in [9.17, 15) is 9.59 Å². The number of benzene rings is 1. The predicted molar refractivity (Wildman–Crippen MR) is 83.3 cm³/mol. The van der Waals surface area contributed by atoms with Crippen LogP contribution >= 0.6 is 0 Å². The summed E-state index contributed by atoms with van der Waals surface area (Å²) in [7, 11) is 0. The summed E-state index contributed by atoms with van der Waals surface area (Å²) in [5.74, 6) is -1.92. The molecule has 0 bridgehead atoms. The third kappa shape index (κ3) is 9.15. The Morgan fingerprint density at radius 2 is 1.68 bits per heavy atom. The van der Waals surface area contributed by atoms with Crippen LogP contribution in [0.3, 0.4) is 0 Å². The van der Waals surface area contributed by atoms with Crippen molar-refractivity contribution in [2.45, 2.75) is 18.9 Å². The molecule has 0 amide bonds. The summed E-state index contributed by atoms with van der Waals surface area (Å²) < 4.78 is 0. The maximum absolute atomic E-state index is 10.3.